The summed E-state index contributed by atoms with van der Waals surface area (Å²) in [6.07, 6.45) is 4.10. The second kappa shape index (κ2) is 9.46. The maximum atomic E-state index is 12.8. The van der Waals surface area contributed by atoms with E-state index in [1.165, 1.54) is 12.1 Å². The maximum Gasteiger partial charge on any atom is 0.325 e. The molecule has 9 nitrogen and oxygen atoms in total. The van der Waals surface area contributed by atoms with E-state index in [1.54, 1.807) is 36.4 Å². The highest BCUT2D eigenvalue weighted by Gasteiger charge is 2.51. The molecule has 1 saturated heterocycles. The van der Waals surface area contributed by atoms with Crippen LogP contribution >= 0.6 is 0 Å². The molecule has 2 fully saturated rings. The van der Waals surface area contributed by atoms with E-state index < -0.39 is 21.6 Å². The van der Waals surface area contributed by atoms with Gasteiger partial charge in [-0.1, -0.05) is 37.0 Å². The monoisotopic (exact) mass is 484 g/mol. The van der Waals surface area contributed by atoms with Crippen molar-refractivity contribution in [1.82, 2.24) is 10.2 Å². The van der Waals surface area contributed by atoms with Crippen LogP contribution in [0.25, 0.3) is 0 Å². The lowest BCUT2D eigenvalue weighted by Crippen LogP contribution is -2.48. The Morgan fingerprint density at radius 3 is 2.24 bits per heavy atom. The predicted octanol–water partition coefficient (Wildman–Crippen LogP) is 3.38. The van der Waals surface area contributed by atoms with Gasteiger partial charge in [-0.2, -0.15) is 0 Å². The number of hydrogen-bond donors (Lipinski definition) is 3. The van der Waals surface area contributed by atoms with Gasteiger partial charge in [0.2, 0.25) is 5.91 Å². The summed E-state index contributed by atoms with van der Waals surface area (Å²) < 4.78 is 27.5. The molecule has 0 bridgehead atoms. The number of rotatable bonds is 7. The molecule has 34 heavy (non-hydrogen) atoms. The van der Waals surface area contributed by atoms with Crippen molar-refractivity contribution in [2.24, 2.45) is 0 Å². The van der Waals surface area contributed by atoms with Crippen LogP contribution in [0.1, 0.15) is 44.1 Å². The minimum Gasteiger partial charge on any atom is -0.326 e. The number of imide groups is 1. The molecule has 1 heterocycles. The molecule has 1 aliphatic carbocycles. The Bertz CT molecular complexity index is 1190. The van der Waals surface area contributed by atoms with Gasteiger partial charge in [-0.15, -0.1) is 0 Å². The average Bonchev–Trinajstić information content (AvgIpc) is 3.02. The first-order valence-electron chi connectivity index (χ1n) is 11.3. The minimum absolute atomic E-state index is 0.00663. The van der Waals surface area contributed by atoms with Crippen molar-refractivity contribution in [3.8, 4) is 0 Å². The van der Waals surface area contributed by atoms with E-state index in [2.05, 4.69) is 15.4 Å². The molecule has 10 heteroatoms. The van der Waals surface area contributed by atoms with Gasteiger partial charge in [0.1, 0.15) is 5.54 Å². The molecule has 1 saturated carbocycles. The third-order valence-corrected chi connectivity index (χ3v) is 7.66. The van der Waals surface area contributed by atoms with Crippen LogP contribution < -0.4 is 15.4 Å². The predicted molar refractivity (Wildman–Crippen MR) is 128 cm³/mol. The minimum atomic E-state index is -3.72. The molecule has 0 atom stereocenters. The standard InChI is InChI=1S/C24H28N4O5S/c1-17-5-11-20(12-6-17)34(32,33)27-19-9-7-18(8-10-19)25-21(29)13-16-28-22(30)24(26-23(28)31)14-3-2-4-15-24/h5-12,27H,2-4,13-16H2,1H3,(H,25,29)(H,26,31). The van der Waals surface area contributed by atoms with Gasteiger partial charge >= 0.3 is 6.03 Å². The molecule has 4 rings (SSSR count). The lowest BCUT2D eigenvalue weighted by molar-refractivity contribution is -0.132. The highest BCUT2D eigenvalue weighted by molar-refractivity contribution is 7.92. The van der Waals surface area contributed by atoms with Gasteiger partial charge in [-0.25, -0.2) is 13.2 Å². The molecule has 1 aliphatic heterocycles. The maximum absolute atomic E-state index is 12.8. The second-order valence-corrected chi connectivity index (χ2v) is 10.5. The molecule has 1 spiro atoms. The van der Waals surface area contributed by atoms with Crippen LogP contribution in [-0.2, 0) is 19.6 Å². The third kappa shape index (κ3) is 5.06. The molecule has 2 aromatic carbocycles. The highest BCUT2D eigenvalue weighted by Crippen LogP contribution is 2.33. The van der Waals surface area contributed by atoms with E-state index in [0.29, 0.717) is 24.2 Å². The number of amides is 4. The average molecular weight is 485 g/mol. The van der Waals surface area contributed by atoms with Gasteiger partial charge in [0.15, 0.2) is 0 Å². The first-order chi connectivity index (χ1) is 16.2. The molecule has 2 aliphatic rings. The number of nitrogens with zero attached hydrogens (tertiary/aromatic N) is 1. The number of hydrogen-bond acceptors (Lipinski definition) is 5. The van der Waals surface area contributed by atoms with Gasteiger partial charge in [0, 0.05) is 24.3 Å². The number of nitrogens with one attached hydrogen (secondary N) is 3. The first kappa shape index (κ1) is 23.7. The summed E-state index contributed by atoms with van der Waals surface area (Å²) in [6.45, 7) is 1.88. The Kier molecular flexibility index (Phi) is 6.60. The van der Waals surface area contributed by atoms with Crippen LogP contribution in [0.15, 0.2) is 53.4 Å². The SMILES string of the molecule is Cc1ccc(S(=O)(=O)Nc2ccc(NC(=O)CCN3C(=O)NC4(CCCCC4)C3=O)cc2)cc1. The van der Waals surface area contributed by atoms with Gasteiger partial charge in [-0.05, 0) is 56.2 Å². The lowest BCUT2D eigenvalue weighted by atomic mass is 9.82. The van der Waals surface area contributed by atoms with Crippen molar-refractivity contribution in [3.05, 3.63) is 54.1 Å². The molecular formula is C24H28N4O5S. The summed E-state index contributed by atoms with van der Waals surface area (Å²) in [4.78, 5) is 38.8. The van der Waals surface area contributed by atoms with Crippen LogP contribution in [0.5, 0.6) is 0 Å². The smallest absolute Gasteiger partial charge is 0.325 e. The molecule has 0 aromatic heterocycles. The third-order valence-electron chi connectivity index (χ3n) is 6.27. The van der Waals surface area contributed by atoms with Crippen molar-refractivity contribution in [2.75, 3.05) is 16.6 Å². The van der Waals surface area contributed by atoms with Gasteiger partial charge in [0.05, 0.1) is 4.90 Å². The zero-order valence-electron chi connectivity index (χ0n) is 19.0. The van der Waals surface area contributed by atoms with Crippen molar-refractivity contribution >= 4 is 39.2 Å². The molecule has 0 unspecified atom stereocenters. The number of anilines is 2. The molecular weight excluding hydrogens is 456 g/mol. The fourth-order valence-electron chi connectivity index (χ4n) is 4.36. The number of aryl methyl sites for hydroxylation is 1. The van der Waals surface area contributed by atoms with Crippen LogP contribution in [0.2, 0.25) is 0 Å². The number of benzene rings is 2. The Balaban J connectivity index is 1.30. The van der Waals surface area contributed by atoms with Crippen molar-refractivity contribution in [1.29, 1.82) is 0 Å². The van der Waals surface area contributed by atoms with Gasteiger partial charge < -0.3 is 10.6 Å². The zero-order valence-corrected chi connectivity index (χ0v) is 19.8. The van der Waals surface area contributed by atoms with E-state index in [0.717, 1.165) is 29.7 Å². The normalized spacial score (nSPS) is 17.5. The summed E-state index contributed by atoms with van der Waals surface area (Å²) in [5, 5.41) is 5.54. The topological polar surface area (TPSA) is 125 Å². The molecule has 0 radical (unpaired) electrons. The number of urea groups is 1. The van der Waals surface area contributed by atoms with Crippen molar-refractivity contribution < 1.29 is 22.8 Å². The van der Waals surface area contributed by atoms with E-state index >= 15 is 0 Å². The second-order valence-electron chi connectivity index (χ2n) is 8.82. The Labute approximate surface area is 199 Å². The van der Waals surface area contributed by atoms with E-state index in [9.17, 15) is 22.8 Å². The molecule has 3 N–H and O–H groups in total. The van der Waals surface area contributed by atoms with Crippen LogP contribution in [-0.4, -0.2) is 43.2 Å². The summed E-state index contributed by atoms with van der Waals surface area (Å²) in [6, 6.07) is 12.3. The van der Waals surface area contributed by atoms with Crippen molar-refractivity contribution in [3.63, 3.8) is 0 Å². The van der Waals surface area contributed by atoms with Crippen LogP contribution in [0.3, 0.4) is 0 Å². The Morgan fingerprint density at radius 2 is 1.59 bits per heavy atom. The largest absolute Gasteiger partial charge is 0.326 e. The van der Waals surface area contributed by atoms with E-state index in [-0.39, 0.29) is 29.7 Å². The summed E-state index contributed by atoms with van der Waals surface area (Å²) in [5.41, 5.74) is 0.996. The van der Waals surface area contributed by atoms with E-state index in [1.807, 2.05) is 6.92 Å². The molecule has 180 valence electrons. The summed E-state index contributed by atoms with van der Waals surface area (Å²) >= 11 is 0. The van der Waals surface area contributed by atoms with Crippen LogP contribution in [0, 0.1) is 6.92 Å². The fourth-order valence-corrected chi connectivity index (χ4v) is 5.42. The van der Waals surface area contributed by atoms with Gasteiger partial charge in [-0.3, -0.25) is 19.2 Å². The Morgan fingerprint density at radius 1 is 0.971 bits per heavy atom. The highest BCUT2D eigenvalue weighted by atomic mass is 32.2. The summed E-state index contributed by atoms with van der Waals surface area (Å²) in [7, 11) is -3.72. The Hall–Kier alpha value is -3.40. The first-order valence-corrected chi connectivity index (χ1v) is 12.8. The zero-order chi connectivity index (χ0) is 24.3. The quantitative estimate of drug-likeness (QED) is 0.520. The summed E-state index contributed by atoms with van der Waals surface area (Å²) in [5.74, 6) is -0.589. The van der Waals surface area contributed by atoms with E-state index in [4.69, 9.17) is 0 Å². The number of carbonyl (C=O) groups is 3. The van der Waals surface area contributed by atoms with Gasteiger partial charge in [0.25, 0.3) is 15.9 Å². The lowest BCUT2D eigenvalue weighted by Gasteiger charge is -2.30. The van der Waals surface area contributed by atoms with Crippen LogP contribution in [0.4, 0.5) is 16.2 Å². The molecule has 2 aromatic rings. The number of sulfonamides is 1. The molecule has 4 amide bonds. The van der Waals surface area contributed by atoms with Crippen molar-refractivity contribution in [2.45, 2.75) is 55.9 Å². The fraction of sp³-hybridized carbons (Fsp3) is 0.375. The number of carbonyl (C=O) groups excluding carboxylic acids is 3.